The molecule has 1 amide bonds. The fourth-order valence-electron chi connectivity index (χ4n) is 1.73. The second-order valence-corrected chi connectivity index (χ2v) is 3.84. The zero-order valence-corrected chi connectivity index (χ0v) is 9.79. The van der Waals surface area contributed by atoms with Crippen molar-refractivity contribution in [1.29, 1.82) is 0 Å². The second-order valence-electron chi connectivity index (χ2n) is 3.84. The number of halogens is 1. The molecule has 1 aliphatic heterocycles. The van der Waals surface area contributed by atoms with Crippen LogP contribution in [-0.2, 0) is 4.79 Å². The zero-order chi connectivity index (χ0) is 12.4. The Labute approximate surface area is 98.7 Å². The Kier molecular flexibility index (Phi) is 3.08. The number of benzene rings is 1. The van der Waals surface area contributed by atoms with Crippen molar-refractivity contribution in [3.05, 3.63) is 17.9 Å². The number of nitrogens with zero attached hydrogens (tertiary/aromatic N) is 1. The lowest BCUT2D eigenvalue weighted by Gasteiger charge is -2.17. The van der Waals surface area contributed by atoms with Gasteiger partial charge in [0.1, 0.15) is 19.0 Å². The maximum absolute atomic E-state index is 13.8. The van der Waals surface area contributed by atoms with Crippen LogP contribution < -0.4 is 10.1 Å². The van der Waals surface area contributed by atoms with Gasteiger partial charge in [-0.2, -0.15) is 4.39 Å². The first-order chi connectivity index (χ1) is 8.11. The number of anilines is 1. The van der Waals surface area contributed by atoms with Gasteiger partial charge in [-0.05, 0) is 0 Å². The van der Waals surface area contributed by atoms with E-state index in [0.717, 1.165) is 6.42 Å². The van der Waals surface area contributed by atoms with Gasteiger partial charge in [0.25, 0.3) is 5.91 Å². The van der Waals surface area contributed by atoms with Crippen molar-refractivity contribution in [1.82, 2.24) is 0 Å². The number of rotatable bonds is 2. The number of ether oxygens (including phenoxy) is 1. The van der Waals surface area contributed by atoms with Crippen molar-refractivity contribution in [3.8, 4) is 5.75 Å². The van der Waals surface area contributed by atoms with Crippen LogP contribution in [0.1, 0.15) is 13.3 Å². The van der Waals surface area contributed by atoms with E-state index in [0.29, 0.717) is 17.1 Å². The summed E-state index contributed by atoms with van der Waals surface area (Å²) in [4.78, 5) is 11.2. The van der Waals surface area contributed by atoms with Gasteiger partial charge in [-0.3, -0.25) is 4.79 Å². The minimum absolute atomic E-state index is 0.0668. The summed E-state index contributed by atoms with van der Waals surface area (Å²) in [5.41, 5.74) is 0.922. The van der Waals surface area contributed by atoms with Crippen LogP contribution in [0.4, 0.5) is 15.8 Å². The highest BCUT2D eigenvalue weighted by molar-refractivity contribution is 5.95. The minimum Gasteiger partial charge on any atom is -0.481 e. The summed E-state index contributed by atoms with van der Waals surface area (Å²) in [5.74, 6) is -0.222. The Balaban J connectivity index is 2.45. The summed E-state index contributed by atoms with van der Waals surface area (Å²) in [6.07, 6.45) is 2.66. The SMILES string of the molecule is CCC=[N+](C)c1cc2c(cc1F)OCC(=O)N2. The number of hydrogen-bond donors (Lipinski definition) is 1. The molecule has 0 aliphatic carbocycles. The minimum atomic E-state index is -0.368. The third-order valence-corrected chi connectivity index (χ3v) is 2.52. The number of amides is 1. The Hall–Kier alpha value is -1.91. The lowest BCUT2D eigenvalue weighted by molar-refractivity contribution is -0.403. The molecular weight excluding hydrogens is 223 g/mol. The van der Waals surface area contributed by atoms with Crippen LogP contribution in [0.2, 0.25) is 0 Å². The van der Waals surface area contributed by atoms with Crippen LogP contribution in [0.3, 0.4) is 0 Å². The Morgan fingerprint density at radius 3 is 3.06 bits per heavy atom. The van der Waals surface area contributed by atoms with E-state index >= 15 is 0 Å². The third-order valence-electron chi connectivity index (χ3n) is 2.52. The standard InChI is InChI=1S/C12H13FN2O2/c1-3-4-15(2)10-6-9-11(5-8(10)13)17-7-12(16)14-9/h4-6H,3,7H2,1-2H3/p+1. The number of nitrogens with one attached hydrogen (secondary N) is 1. The molecule has 2 rings (SSSR count). The van der Waals surface area contributed by atoms with Gasteiger partial charge in [-0.1, -0.05) is 6.92 Å². The molecule has 17 heavy (non-hydrogen) atoms. The van der Waals surface area contributed by atoms with E-state index in [2.05, 4.69) is 5.32 Å². The average Bonchev–Trinajstić information content (AvgIpc) is 2.29. The van der Waals surface area contributed by atoms with Gasteiger partial charge in [0.05, 0.1) is 5.69 Å². The highest BCUT2D eigenvalue weighted by Crippen LogP contribution is 2.33. The molecule has 4 nitrogen and oxygen atoms in total. The summed E-state index contributed by atoms with van der Waals surface area (Å²) in [7, 11) is 1.76. The van der Waals surface area contributed by atoms with E-state index in [1.54, 1.807) is 17.7 Å². The van der Waals surface area contributed by atoms with Crippen molar-refractivity contribution in [3.63, 3.8) is 0 Å². The van der Waals surface area contributed by atoms with Crippen LogP contribution in [0, 0.1) is 5.82 Å². The van der Waals surface area contributed by atoms with Crippen LogP contribution in [0.5, 0.6) is 5.75 Å². The largest absolute Gasteiger partial charge is 0.481 e. The quantitative estimate of drug-likeness (QED) is 0.630. The molecular formula is C12H14FN2O2+. The summed E-state index contributed by atoms with van der Waals surface area (Å²) in [6, 6.07) is 2.87. The van der Waals surface area contributed by atoms with E-state index in [1.165, 1.54) is 6.07 Å². The molecule has 5 heteroatoms. The highest BCUT2D eigenvalue weighted by Gasteiger charge is 2.22. The predicted octanol–water partition coefficient (Wildman–Crippen LogP) is 1.91. The Morgan fingerprint density at radius 1 is 1.59 bits per heavy atom. The molecule has 1 aliphatic rings. The topological polar surface area (TPSA) is 41.3 Å². The summed E-state index contributed by atoms with van der Waals surface area (Å²) >= 11 is 0. The Morgan fingerprint density at radius 2 is 2.35 bits per heavy atom. The molecule has 1 aromatic rings. The predicted molar refractivity (Wildman–Crippen MR) is 62.7 cm³/mol. The monoisotopic (exact) mass is 237 g/mol. The van der Waals surface area contributed by atoms with Crippen molar-refractivity contribution in [2.75, 3.05) is 19.0 Å². The van der Waals surface area contributed by atoms with E-state index < -0.39 is 0 Å². The fourth-order valence-corrected chi connectivity index (χ4v) is 1.73. The smallest absolute Gasteiger partial charge is 0.262 e. The van der Waals surface area contributed by atoms with E-state index in [-0.39, 0.29) is 18.3 Å². The van der Waals surface area contributed by atoms with E-state index in [9.17, 15) is 9.18 Å². The first-order valence-corrected chi connectivity index (χ1v) is 5.44. The molecule has 0 spiro atoms. The molecule has 0 fully saturated rings. The van der Waals surface area contributed by atoms with Crippen LogP contribution in [-0.4, -0.2) is 30.4 Å². The number of carbonyl (C=O) groups is 1. The molecule has 0 atom stereocenters. The van der Waals surface area contributed by atoms with Crippen LogP contribution >= 0.6 is 0 Å². The van der Waals surface area contributed by atoms with E-state index in [4.69, 9.17) is 4.74 Å². The van der Waals surface area contributed by atoms with Gasteiger partial charge in [-0.15, -0.1) is 0 Å². The van der Waals surface area contributed by atoms with Crippen molar-refractivity contribution in [2.45, 2.75) is 13.3 Å². The maximum atomic E-state index is 13.8. The van der Waals surface area contributed by atoms with Gasteiger partial charge in [0.15, 0.2) is 12.4 Å². The molecule has 0 radical (unpaired) electrons. The Bertz CT molecular complexity index is 498. The average molecular weight is 237 g/mol. The number of carbonyl (C=O) groups excluding carboxylic acids is 1. The van der Waals surface area contributed by atoms with Crippen LogP contribution in [0.25, 0.3) is 0 Å². The number of fused-ring (bicyclic) bond motifs is 1. The summed E-state index contributed by atoms with van der Waals surface area (Å²) in [5, 5.41) is 2.65. The fraction of sp³-hybridized carbons (Fsp3) is 0.333. The molecule has 0 aromatic heterocycles. The van der Waals surface area contributed by atoms with Crippen molar-refractivity contribution < 1.29 is 18.5 Å². The summed E-state index contributed by atoms with van der Waals surface area (Å²) < 4.78 is 20.6. The van der Waals surface area contributed by atoms with E-state index in [1.807, 2.05) is 13.1 Å². The summed E-state index contributed by atoms with van der Waals surface area (Å²) in [6.45, 7) is 1.90. The molecule has 1 N–H and O–H groups in total. The molecule has 0 unspecified atom stereocenters. The molecule has 1 heterocycles. The van der Waals surface area contributed by atoms with Crippen molar-refractivity contribution >= 4 is 23.5 Å². The van der Waals surface area contributed by atoms with Gasteiger partial charge in [0, 0.05) is 18.6 Å². The molecule has 90 valence electrons. The lowest BCUT2D eigenvalue weighted by atomic mass is 10.2. The van der Waals surface area contributed by atoms with Gasteiger partial charge < -0.3 is 10.1 Å². The lowest BCUT2D eigenvalue weighted by Crippen LogP contribution is -2.25. The number of hydrogen-bond acceptors (Lipinski definition) is 2. The van der Waals surface area contributed by atoms with Gasteiger partial charge >= 0.3 is 0 Å². The first-order valence-electron chi connectivity index (χ1n) is 5.44. The second kappa shape index (κ2) is 4.53. The first kappa shape index (κ1) is 11.6. The molecule has 0 saturated heterocycles. The maximum Gasteiger partial charge on any atom is 0.262 e. The van der Waals surface area contributed by atoms with Crippen molar-refractivity contribution in [2.24, 2.45) is 0 Å². The molecule has 1 aromatic carbocycles. The highest BCUT2D eigenvalue weighted by atomic mass is 19.1. The van der Waals surface area contributed by atoms with Crippen LogP contribution in [0.15, 0.2) is 12.1 Å². The normalized spacial score (nSPS) is 15.0. The molecule has 0 bridgehead atoms. The van der Waals surface area contributed by atoms with Gasteiger partial charge in [0.2, 0.25) is 5.69 Å². The van der Waals surface area contributed by atoms with Gasteiger partial charge in [-0.25, -0.2) is 4.58 Å². The zero-order valence-electron chi connectivity index (χ0n) is 9.79. The molecule has 0 saturated carbocycles. The third kappa shape index (κ3) is 2.27.